The number of urea groups is 1. The Labute approximate surface area is 140 Å². The maximum Gasteiger partial charge on any atom is 0.317 e. The summed E-state index contributed by atoms with van der Waals surface area (Å²) in [5, 5.41) is 3.31. The van der Waals surface area contributed by atoms with Gasteiger partial charge in [0.15, 0.2) is 5.78 Å². The van der Waals surface area contributed by atoms with Gasteiger partial charge in [-0.05, 0) is 43.4 Å². The molecular formula is C17H23FN2O2S. The van der Waals surface area contributed by atoms with Gasteiger partial charge in [-0.25, -0.2) is 9.18 Å². The van der Waals surface area contributed by atoms with Crippen molar-refractivity contribution in [2.75, 3.05) is 25.9 Å². The first-order chi connectivity index (χ1) is 11.0. The number of ketones is 1. The van der Waals surface area contributed by atoms with E-state index in [0.29, 0.717) is 43.3 Å². The molecule has 1 saturated heterocycles. The largest absolute Gasteiger partial charge is 0.337 e. The minimum Gasteiger partial charge on any atom is -0.337 e. The second-order valence-electron chi connectivity index (χ2n) is 5.86. The molecule has 1 fully saturated rings. The van der Waals surface area contributed by atoms with Gasteiger partial charge >= 0.3 is 6.03 Å². The Morgan fingerprint density at radius 2 is 1.91 bits per heavy atom. The van der Waals surface area contributed by atoms with Crippen LogP contribution in [-0.2, 0) is 0 Å². The van der Waals surface area contributed by atoms with Crippen LogP contribution in [0.2, 0.25) is 0 Å². The predicted molar refractivity (Wildman–Crippen MR) is 91.4 cm³/mol. The number of likely N-dealkylation sites (tertiary alicyclic amines) is 1. The summed E-state index contributed by atoms with van der Waals surface area (Å²) in [6.07, 6.45) is 3.33. The fraction of sp³-hybridized carbons (Fsp3) is 0.529. The molecule has 6 heteroatoms. The second-order valence-corrected chi connectivity index (χ2v) is 7.14. The molecular weight excluding hydrogens is 315 g/mol. The Kier molecular flexibility index (Phi) is 6.45. The number of nitrogens with zero attached hydrogens (tertiary/aromatic N) is 1. The zero-order chi connectivity index (χ0) is 16.8. The third-order valence-corrected chi connectivity index (χ3v) is 5.20. The number of Topliss-reactive ketones (excluding diaryl/α,β-unsaturated/α-hetero) is 1. The van der Waals surface area contributed by atoms with Crippen molar-refractivity contribution in [2.24, 2.45) is 5.92 Å². The van der Waals surface area contributed by atoms with Crippen molar-refractivity contribution in [3.8, 4) is 0 Å². The molecule has 1 aromatic rings. The molecule has 1 aliphatic rings. The first kappa shape index (κ1) is 17.8. The first-order valence-electron chi connectivity index (χ1n) is 7.86. The number of benzene rings is 1. The van der Waals surface area contributed by atoms with Gasteiger partial charge in [0.05, 0.1) is 0 Å². The van der Waals surface area contributed by atoms with E-state index < -0.39 is 0 Å². The van der Waals surface area contributed by atoms with Crippen LogP contribution in [0.3, 0.4) is 0 Å². The quantitative estimate of drug-likeness (QED) is 0.839. The highest BCUT2D eigenvalue weighted by molar-refractivity contribution is 7.99. The fourth-order valence-corrected chi connectivity index (χ4v) is 2.87. The highest BCUT2D eigenvalue weighted by Gasteiger charge is 2.27. The molecule has 0 bridgehead atoms. The summed E-state index contributed by atoms with van der Waals surface area (Å²) in [6, 6.07) is 5.62. The monoisotopic (exact) mass is 338 g/mol. The lowest BCUT2D eigenvalue weighted by Gasteiger charge is -2.31. The van der Waals surface area contributed by atoms with E-state index in [9.17, 15) is 14.0 Å². The number of hydrogen-bond acceptors (Lipinski definition) is 3. The number of carbonyl (C=O) groups excluding carboxylic acids is 2. The van der Waals surface area contributed by atoms with Crippen LogP contribution in [0.1, 0.15) is 30.1 Å². The Bertz CT molecular complexity index is 542. The van der Waals surface area contributed by atoms with Crippen molar-refractivity contribution >= 4 is 23.6 Å². The minimum absolute atomic E-state index is 0.0427. The number of halogens is 1. The Hall–Kier alpha value is -1.56. The number of piperidine rings is 1. The summed E-state index contributed by atoms with van der Waals surface area (Å²) in [5.41, 5.74) is 0.545. The SMILES string of the molecule is CS[C@@H](C)CNC(=O)N1CCC(C(=O)c2ccc(F)cc2)CC1. The Morgan fingerprint density at radius 1 is 1.30 bits per heavy atom. The molecule has 1 aromatic carbocycles. The van der Waals surface area contributed by atoms with Crippen LogP contribution in [0.15, 0.2) is 24.3 Å². The van der Waals surface area contributed by atoms with Crippen LogP contribution >= 0.6 is 11.8 Å². The summed E-state index contributed by atoms with van der Waals surface area (Å²) < 4.78 is 12.9. The molecule has 4 nitrogen and oxygen atoms in total. The van der Waals surface area contributed by atoms with Gasteiger partial charge < -0.3 is 10.2 Å². The number of rotatable bonds is 5. The van der Waals surface area contributed by atoms with Crippen LogP contribution in [0.25, 0.3) is 0 Å². The van der Waals surface area contributed by atoms with Crippen molar-refractivity contribution in [2.45, 2.75) is 25.0 Å². The summed E-state index contributed by atoms with van der Waals surface area (Å²) in [7, 11) is 0. The van der Waals surface area contributed by atoms with Gasteiger partial charge in [0, 0.05) is 36.4 Å². The lowest BCUT2D eigenvalue weighted by molar-refractivity contribution is 0.0854. The average molecular weight is 338 g/mol. The summed E-state index contributed by atoms with van der Waals surface area (Å²) >= 11 is 1.71. The second kappa shape index (κ2) is 8.34. The van der Waals surface area contributed by atoms with Gasteiger partial charge in [-0.3, -0.25) is 4.79 Å². The zero-order valence-corrected chi connectivity index (χ0v) is 14.4. The van der Waals surface area contributed by atoms with Crippen molar-refractivity contribution < 1.29 is 14.0 Å². The molecule has 1 atom stereocenters. The molecule has 0 aliphatic carbocycles. The van der Waals surface area contributed by atoms with E-state index in [4.69, 9.17) is 0 Å². The van der Waals surface area contributed by atoms with Gasteiger partial charge in [0.1, 0.15) is 5.82 Å². The molecule has 0 spiro atoms. The number of hydrogen-bond donors (Lipinski definition) is 1. The van der Waals surface area contributed by atoms with Crippen LogP contribution in [0, 0.1) is 11.7 Å². The smallest absolute Gasteiger partial charge is 0.317 e. The average Bonchev–Trinajstić information content (AvgIpc) is 2.59. The van der Waals surface area contributed by atoms with E-state index in [-0.39, 0.29) is 23.5 Å². The highest BCUT2D eigenvalue weighted by atomic mass is 32.2. The van der Waals surface area contributed by atoms with Crippen LogP contribution in [-0.4, -0.2) is 47.9 Å². The molecule has 2 rings (SSSR count). The molecule has 0 aromatic heterocycles. The zero-order valence-electron chi connectivity index (χ0n) is 13.5. The van der Waals surface area contributed by atoms with Crippen molar-refractivity contribution in [3.63, 3.8) is 0 Å². The third kappa shape index (κ3) is 4.96. The standard InChI is InChI=1S/C17H23FN2O2S/c1-12(23-2)11-19-17(22)20-9-7-14(8-10-20)16(21)13-3-5-15(18)6-4-13/h3-6,12,14H,7-11H2,1-2H3,(H,19,22)/t12-/m0/s1. The highest BCUT2D eigenvalue weighted by Crippen LogP contribution is 2.22. The summed E-state index contributed by atoms with van der Waals surface area (Å²) in [5.74, 6) is -0.386. The molecule has 2 amide bonds. The summed E-state index contributed by atoms with van der Waals surface area (Å²) in [4.78, 5) is 26.2. The van der Waals surface area contributed by atoms with Crippen molar-refractivity contribution in [1.82, 2.24) is 10.2 Å². The van der Waals surface area contributed by atoms with Gasteiger partial charge in [0.25, 0.3) is 0 Å². The van der Waals surface area contributed by atoms with Gasteiger partial charge in [-0.2, -0.15) is 11.8 Å². The van der Waals surface area contributed by atoms with Crippen LogP contribution in [0.4, 0.5) is 9.18 Å². The van der Waals surface area contributed by atoms with E-state index in [2.05, 4.69) is 12.2 Å². The number of carbonyl (C=O) groups is 2. The first-order valence-corrected chi connectivity index (χ1v) is 9.15. The van der Waals surface area contributed by atoms with Gasteiger partial charge in [-0.1, -0.05) is 6.92 Å². The molecule has 1 aliphatic heterocycles. The van der Waals surface area contributed by atoms with Gasteiger partial charge in [-0.15, -0.1) is 0 Å². The topological polar surface area (TPSA) is 49.4 Å². The molecule has 0 saturated carbocycles. The number of nitrogens with one attached hydrogen (secondary N) is 1. The molecule has 1 heterocycles. The molecule has 0 radical (unpaired) electrons. The van der Waals surface area contributed by atoms with E-state index in [1.165, 1.54) is 24.3 Å². The Balaban J connectivity index is 1.82. The van der Waals surface area contributed by atoms with E-state index in [1.807, 2.05) is 6.26 Å². The maximum absolute atomic E-state index is 12.9. The summed E-state index contributed by atoms with van der Waals surface area (Å²) in [6.45, 7) is 3.88. The third-order valence-electron chi connectivity index (χ3n) is 4.22. The molecule has 1 N–H and O–H groups in total. The predicted octanol–water partition coefficient (Wildman–Crippen LogP) is 3.18. The van der Waals surface area contributed by atoms with E-state index in [0.717, 1.165) is 0 Å². The Morgan fingerprint density at radius 3 is 2.48 bits per heavy atom. The van der Waals surface area contributed by atoms with Gasteiger partial charge in [0.2, 0.25) is 0 Å². The maximum atomic E-state index is 12.9. The fourth-order valence-electron chi connectivity index (χ4n) is 2.62. The lowest BCUT2D eigenvalue weighted by atomic mass is 9.89. The number of amides is 2. The van der Waals surface area contributed by atoms with E-state index in [1.54, 1.807) is 16.7 Å². The molecule has 126 valence electrons. The minimum atomic E-state index is -0.340. The molecule has 0 unspecified atom stereocenters. The number of thioether (sulfide) groups is 1. The van der Waals surface area contributed by atoms with Crippen molar-refractivity contribution in [1.29, 1.82) is 0 Å². The normalized spacial score (nSPS) is 16.9. The van der Waals surface area contributed by atoms with E-state index >= 15 is 0 Å². The van der Waals surface area contributed by atoms with Crippen LogP contribution < -0.4 is 5.32 Å². The van der Waals surface area contributed by atoms with Crippen molar-refractivity contribution in [3.05, 3.63) is 35.6 Å². The van der Waals surface area contributed by atoms with Crippen LogP contribution in [0.5, 0.6) is 0 Å². The molecule has 23 heavy (non-hydrogen) atoms. The lowest BCUT2D eigenvalue weighted by Crippen LogP contribution is -2.46.